The fourth-order valence-electron chi connectivity index (χ4n) is 2.00. The third-order valence-corrected chi connectivity index (χ3v) is 4.48. The lowest BCUT2D eigenvalue weighted by Crippen LogP contribution is -2.25. The van der Waals surface area contributed by atoms with Crippen molar-refractivity contribution in [2.24, 2.45) is 5.92 Å². The Morgan fingerprint density at radius 2 is 2.05 bits per heavy atom. The molecule has 1 aromatic rings. The maximum Gasteiger partial charge on any atom is 0.177 e. The highest BCUT2D eigenvalue weighted by Crippen LogP contribution is 2.31. The Morgan fingerprint density at radius 1 is 1.40 bits per heavy atom. The van der Waals surface area contributed by atoms with Gasteiger partial charge in [0.05, 0.1) is 15.6 Å². The predicted octanol–water partition coefficient (Wildman–Crippen LogP) is 3.31. The Balaban J connectivity index is 2.46. The van der Waals surface area contributed by atoms with Gasteiger partial charge in [-0.05, 0) is 32.1 Å². The average molecular weight is 297 g/mol. The quantitative estimate of drug-likeness (QED) is 0.542. The van der Waals surface area contributed by atoms with Gasteiger partial charge in [0.15, 0.2) is 5.78 Å². The molecule has 0 saturated carbocycles. The normalized spacial score (nSPS) is 11.3. The fraction of sp³-hybridized carbons (Fsp3) is 0.667. The van der Waals surface area contributed by atoms with Crippen LogP contribution >= 0.6 is 11.3 Å². The van der Waals surface area contributed by atoms with Crippen molar-refractivity contribution in [2.45, 2.75) is 34.1 Å². The number of nitrogens with one attached hydrogen (secondary N) is 1. The number of hydrogen-bond acceptors (Lipinski definition) is 5. The molecular formula is C15H27N3OS. The van der Waals surface area contributed by atoms with Gasteiger partial charge in [-0.3, -0.25) is 4.79 Å². The Bertz CT molecular complexity index is 425. The van der Waals surface area contributed by atoms with Crippen LogP contribution in [0.4, 0.5) is 10.7 Å². The summed E-state index contributed by atoms with van der Waals surface area (Å²) in [6, 6.07) is 1.87. The zero-order valence-electron chi connectivity index (χ0n) is 13.0. The lowest BCUT2D eigenvalue weighted by atomic mass is 10.1. The van der Waals surface area contributed by atoms with Gasteiger partial charge in [0.1, 0.15) is 0 Å². The number of ketones is 1. The summed E-state index contributed by atoms with van der Waals surface area (Å²) >= 11 is 1.47. The van der Waals surface area contributed by atoms with E-state index in [1.54, 1.807) is 0 Å². The summed E-state index contributed by atoms with van der Waals surface area (Å²) in [5.74, 6) is 0.121. The summed E-state index contributed by atoms with van der Waals surface area (Å²) in [6.07, 6.45) is 1.09. The number of carbonyl (C=O) groups is 1. The number of rotatable bonds is 9. The van der Waals surface area contributed by atoms with Crippen LogP contribution in [0.5, 0.6) is 0 Å². The third-order valence-electron chi connectivity index (χ3n) is 3.35. The number of carbonyl (C=O) groups excluding carboxylic acids is 1. The predicted molar refractivity (Wildman–Crippen MR) is 88.8 cm³/mol. The lowest BCUT2D eigenvalue weighted by molar-refractivity contribution is 0.0944. The molecule has 0 aromatic carbocycles. The number of hydrogen-bond donors (Lipinski definition) is 2. The molecule has 1 aromatic heterocycles. The summed E-state index contributed by atoms with van der Waals surface area (Å²) in [5, 5.41) is 4.35. The maximum absolute atomic E-state index is 12.0. The van der Waals surface area contributed by atoms with E-state index in [-0.39, 0.29) is 11.7 Å². The number of anilines is 2. The first kappa shape index (κ1) is 17.0. The molecule has 0 amide bonds. The van der Waals surface area contributed by atoms with Crippen molar-refractivity contribution in [1.29, 1.82) is 0 Å². The zero-order valence-corrected chi connectivity index (χ0v) is 13.8. The van der Waals surface area contributed by atoms with E-state index < -0.39 is 0 Å². The number of nitrogens with two attached hydrogens (primary N) is 1. The number of thiophene rings is 1. The van der Waals surface area contributed by atoms with Gasteiger partial charge in [-0.15, -0.1) is 11.3 Å². The second kappa shape index (κ2) is 8.27. The van der Waals surface area contributed by atoms with Crippen LogP contribution in [0.25, 0.3) is 0 Å². The molecule has 1 heterocycles. The first-order chi connectivity index (χ1) is 9.49. The molecule has 0 aliphatic carbocycles. The first-order valence-corrected chi connectivity index (χ1v) is 8.20. The Hall–Kier alpha value is -1.07. The van der Waals surface area contributed by atoms with Crippen molar-refractivity contribution in [1.82, 2.24) is 4.90 Å². The number of Topliss-reactive ketones (excluding diaryl/α,β-unsaturated/α-hetero) is 1. The molecule has 3 N–H and O–H groups in total. The number of nitrogen functional groups attached to an aromatic ring is 1. The van der Waals surface area contributed by atoms with E-state index in [1.807, 2.05) is 19.9 Å². The average Bonchev–Trinajstić information content (AvgIpc) is 2.79. The molecule has 20 heavy (non-hydrogen) atoms. The van der Waals surface area contributed by atoms with Crippen molar-refractivity contribution in [3.05, 3.63) is 10.9 Å². The summed E-state index contributed by atoms with van der Waals surface area (Å²) in [7, 11) is 0. The molecule has 0 bridgehead atoms. The van der Waals surface area contributed by atoms with Gasteiger partial charge in [0.25, 0.3) is 0 Å². The van der Waals surface area contributed by atoms with Crippen LogP contribution in [0.3, 0.4) is 0 Å². The van der Waals surface area contributed by atoms with Crippen molar-refractivity contribution >= 4 is 27.8 Å². The second-order valence-corrected chi connectivity index (χ2v) is 6.27. The molecule has 0 aliphatic heterocycles. The van der Waals surface area contributed by atoms with Crippen LogP contribution in [0.15, 0.2) is 6.07 Å². The largest absolute Gasteiger partial charge is 0.397 e. The Labute approximate surface area is 126 Å². The van der Waals surface area contributed by atoms with Gasteiger partial charge < -0.3 is 16.0 Å². The number of nitrogens with zero attached hydrogens (tertiary/aromatic N) is 1. The first-order valence-electron chi connectivity index (χ1n) is 7.39. The second-order valence-electron chi connectivity index (χ2n) is 5.22. The van der Waals surface area contributed by atoms with Gasteiger partial charge in [0, 0.05) is 12.5 Å². The maximum atomic E-state index is 12.0. The van der Waals surface area contributed by atoms with Crippen LogP contribution < -0.4 is 11.1 Å². The van der Waals surface area contributed by atoms with E-state index in [4.69, 9.17) is 5.73 Å². The Kier molecular flexibility index (Phi) is 7.02. The molecule has 0 saturated heterocycles. The topological polar surface area (TPSA) is 58.4 Å². The van der Waals surface area contributed by atoms with E-state index >= 15 is 0 Å². The van der Waals surface area contributed by atoms with Crippen LogP contribution in [0.1, 0.15) is 43.8 Å². The van der Waals surface area contributed by atoms with E-state index in [0.717, 1.165) is 37.6 Å². The SMILES string of the molecule is CCN(CC)CCCNc1cc(N)c(C(=O)C(C)C)s1. The molecule has 114 valence electrons. The minimum atomic E-state index is -0.00790. The summed E-state index contributed by atoms with van der Waals surface area (Å²) < 4.78 is 0. The zero-order chi connectivity index (χ0) is 15.1. The third kappa shape index (κ3) is 4.80. The standard InChI is InChI=1S/C15H27N3OS/c1-5-18(6-2)9-7-8-17-13-10-12(16)15(20-13)14(19)11(3)4/h10-11,17H,5-9,16H2,1-4H3. The van der Waals surface area contributed by atoms with Gasteiger partial charge in [-0.2, -0.15) is 0 Å². The van der Waals surface area contributed by atoms with E-state index in [9.17, 15) is 4.79 Å². The fourth-order valence-corrected chi connectivity index (χ4v) is 3.09. The molecule has 1 rings (SSSR count). The molecule has 0 radical (unpaired) electrons. The minimum absolute atomic E-state index is 0.00790. The molecule has 0 aliphatic rings. The minimum Gasteiger partial charge on any atom is -0.397 e. The van der Waals surface area contributed by atoms with Crippen molar-refractivity contribution < 1.29 is 4.79 Å². The van der Waals surface area contributed by atoms with Gasteiger partial charge in [-0.25, -0.2) is 0 Å². The van der Waals surface area contributed by atoms with Gasteiger partial charge >= 0.3 is 0 Å². The van der Waals surface area contributed by atoms with Crippen molar-refractivity contribution in [3.63, 3.8) is 0 Å². The molecule has 0 unspecified atom stereocenters. The van der Waals surface area contributed by atoms with Crippen LogP contribution in [-0.4, -0.2) is 36.9 Å². The molecule has 5 heteroatoms. The lowest BCUT2D eigenvalue weighted by Gasteiger charge is -2.17. The highest BCUT2D eigenvalue weighted by molar-refractivity contribution is 7.18. The van der Waals surface area contributed by atoms with Gasteiger partial charge in [-0.1, -0.05) is 27.7 Å². The van der Waals surface area contributed by atoms with E-state index in [1.165, 1.54) is 11.3 Å². The van der Waals surface area contributed by atoms with E-state index in [0.29, 0.717) is 10.6 Å². The smallest absolute Gasteiger partial charge is 0.177 e. The van der Waals surface area contributed by atoms with Crippen molar-refractivity contribution in [3.8, 4) is 0 Å². The Morgan fingerprint density at radius 3 is 2.60 bits per heavy atom. The monoisotopic (exact) mass is 297 g/mol. The molecule has 0 atom stereocenters. The summed E-state index contributed by atoms with van der Waals surface area (Å²) in [5.41, 5.74) is 6.51. The van der Waals surface area contributed by atoms with Crippen LogP contribution in [0.2, 0.25) is 0 Å². The van der Waals surface area contributed by atoms with E-state index in [2.05, 4.69) is 24.1 Å². The molecule has 0 spiro atoms. The highest BCUT2D eigenvalue weighted by atomic mass is 32.1. The molecular weight excluding hydrogens is 270 g/mol. The summed E-state index contributed by atoms with van der Waals surface area (Å²) in [6.45, 7) is 12.4. The van der Waals surface area contributed by atoms with Gasteiger partial charge in [0.2, 0.25) is 0 Å². The van der Waals surface area contributed by atoms with Crippen LogP contribution in [0, 0.1) is 5.92 Å². The molecule has 4 nitrogen and oxygen atoms in total. The summed E-state index contributed by atoms with van der Waals surface area (Å²) in [4.78, 5) is 15.1. The van der Waals surface area contributed by atoms with Crippen LogP contribution in [-0.2, 0) is 0 Å². The van der Waals surface area contributed by atoms with Crippen molar-refractivity contribution in [2.75, 3.05) is 37.2 Å². The highest BCUT2D eigenvalue weighted by Gasteiger charge is 2.17. The molecule has 0 fully saturated rings.